The summed E-state index contributed by atoms with van der Waals surface area (Å²) in [5.74, 6) is 0.750. The average molecular weight is 251 g/mol. The van der Waals surface area contributed by atoms with Crippen molar-refractivity contribution in [1.29, 1.82) is 5.26 Å². The molecule has 0 radical (unpaired) electrons. The van der Waals surface area contributed by atoms with Crippen LogP contribution in [0.25, 0.3) is 0 Å². The molecule has 1 rings (SSSR count). The van der Waals surface area contributed by atoms with Crippen molar-refractivity contribution in [3.8, 4) is 11.2 Å². The van der Waals surface area contributed by atoms with Gasteiger partial charge in [0.2, 0.25) is 0 Å². The molecule has 90 valence electrons. The van der Waals surface area contributed by atoms with Crippen molar-refractivity contribution < 1.29 is 14.3 Å². The van der Waals surface area contributed by atoms with E-state index in [-0.39, 0.29) is 12.6 Å². The maximum atomic E-state index is 10.9. The van der Waals surface area contributed by atoms with Crippen LogP contribution < -0.4 is 4.74 Å². The van der Waals surface area contributed by atoms with Gasteiger partial charge in [-0.25, -0.2) is 0 Å². The van der Waals surface area contributed by atoms with Crippen LogP contribution in [0.5, 0.6) is 5.75 Å². The van der Waals surface area contributed by atoms with Gasteiger partial charge in [-0.1, -0.05) is 18.2 Å². The predicted octanol–water partition coefficient (Wildman–Crippen LogP) is 2.21. The van der Waals surface area contributed by atoms with Crippen LogP contribution >= 0.6 is 11.8 Å². The van der Waals surface area contributed by atoms with Crippen LogP contribution in [-0.2, 0) is 9.53 Å². The highest BCUT2D eigenvalue weighted by Crippen LogP contribution is 2.11. The number of nitriles is 1. The first-order valence-electron chi connectivity index (χ1n) is 5.08. The second kappa shape index (κ2) is 7.58. The number of para-hydroxylation sites is 1. The molecule has 0 unspecified atom stereocenters. The van der Waals surface area contributed by atoms with Gasteiger partial charge < -0.3 is 9.47 Å². The Labute approximate surface area is 105 Å². The fraction of sp³-hybridized carbons (Fsp3) is 0.333. The van der Waals surface area contributed by atoms with Crippen LogP contribution in [0.2, 0.25) is 0 Å². The van der Waals surface area contributed by atoms with Crippen molar-refractivity contribution in [3.05, 3.63) is 30.3 Å². The Morgan fingerprint density at radius 3 is 2.76 bits per heavy atom. The van der Waals surface area contributed by atoms with Gasteiger partial charge in [0.15, 0.2) is 0 Å². The number of hydrogen-bond donors (Lipinski definition) is 0. The molecule has 0 aliphatic rings. The molecule has 17 heavy (non-hydrogen) atoms. The molecule has 0 bridgehead atoms. The Bertz CT molecular complexity index is 388. The van der Waals surface area contributed by atoms with E-state index in [1.54, 1.807) is 0 Å². The number of carbonyl (C=O) groups is 1. The molecule has 0 fully saturated rings. The molecule has 4 nitrogen and oxygen atoms in total. The fourth-order valence-corrected chi connectivity index (χ4v) is 1.61. The van der Waals surface area contributed by atoms with Crippen LogP contribution in [0.4, 0.5) is 0 Å². The first-order valence-corrected chi connectivity index (χ1v) is 6.07. The summed E-state index contributed by atoms with van der Waals surface area (Å²) >= 11 is 1.04. The Balaban J connectivity index is 2.43. The molecular formula is C12H13NO3S. The molecule has 0 amide bonds. The molecule has 0 saturated carbocycles. The predicted molar refractivity (Wildman–Crippen MR) is 65.6 cm³/mol. The van der Waals surface area contributed by atoms with Crippen molar-refractivity contribution in [2.45, 2.75) is 13.0 Å². The van der Waals surface area contributed by atoms with E-state index >= 15 is 0 Å². The Morgan fingerprint density at radius 2 is 2.18 bits per heavy atom. The van der Waals surface area contributed by atoms with E-state index in [4.69, 9.17) is 14.7 Å². The summed E-state index contributed by atoms with van der Waals surface area (Å²) in [4.78, 5) is 10.9. The number of ether oxygens (including phenoxy) is 2. The summed E-state index contributed by atoms with van der Waals surface area (Å²) < 4.78 is 10.5. The zero-order chi connectivity index (χ0) is 12.5. The van der Waals surface area contributed by atoms with Gasteiger partial charge >= 0.3 is 5.97 Å². The molecule has 1 aromatic rings. The number of thiocyanates is 1. The highest BCUT2D eigenvalue weighted by atomic mass is 32.2. The summed E-state index contributed by atoms with van der Waals surface area (Å²) in [5.41, 5.74) is 0. The van der Waals surface area contributed by atoms with E-state index in [1.807, 2.05) is 35.7 Å². The number of rotatable bonds is 6. The third-order valence-corrected chi connectivity index (χ3v) is 2.51. The highest BCUT2D eigenvalue weighted by Gasteiger charge is 2.13. The van der Waals surface area contributed by atoms with Crippen LogP contribution in [0.15, 0.2) is 30.3 Å². The lowest BCUT2D eigenvalue weighted by Crippen LogP contribution is -2.26. The molecule has 0 spiro atoms. The van der Waals surface area contributed by atoms with Crippen molar-refractivity contribution in [3.63, 3.8) is 0 Å². The summed E-state index contributed by atoms with van der Waals surface area (Å²) in [5, 5.41) is 10.4. The molecular weight excluding hydrogens is 238 g/mol. The Hall–Kier alpha value is -1.67. The number of nitrogens with zero attached hydrogens (tertiary/aromatic N) is 1. The molecule has 0 heterocycles. The number of esters is 1. The standard InChI is InChI=1S/C12H13NO3S/c1-10(14)16-12(8-17-9-13)7-15-11-5-3-2-4-6-11/h2-6,12H,7-8H2,1H3/t12-/m0/s1. The smallest absolute Gasteiger partial charge is 0.303 e. The molecule has 1 aromatic carbocycles. The number of carbonyl (C=O) groups excluding carboxylic acids is 1. The quantitative estimate of drug-likeness (QED) is 0.573. The Kier molecular flexibility index (Phi) is 5.97. The minimum Gasteiger partial charge on any atom is -0.490 e. The van der Waals surface area contributed by atoms with Crippen molar-refractivity contribution in [2.75, 3.05) is 12.4 Å². The summed E-state index contributed by atoms with van der Waals surface area (Å²) in [6.45, 7) is 1.59. The Morgan fingerprint density at radius 1 is 1.47 bits per heavy atom. The molecule has 1 atom stereocenters. The summed E-state index contributed by atoms with van der Waals surface area (Å²) in [7, 11) is 0. The number of benzene rings is 1. The third kappa shape index (κ3) is 5.83. The van der Waals surface area contributed by atoms with Crippen molar-refractivity contribution in [1.82, 2.24) is 0 Å². The lowest BCUT2D eigenvalue weighted by atomic mass is 10.3. The maximum absolute atomic E-state index is 10.9. The summed E-state index contributed by atoms with van der Waals surface area (Å²) in [6, 6.07) is 9.26. The van der Waals surface area contributed by atoms with Gasteiger partial charge in [-0.05, 0) is 23.9 Å². The molecule has 0 aliphatic heterocycles. The van der Waals surface area contributed by atoms with Gasteiger partial charge in [-0.15, -0.1) is 0 Å². The first-order chi connectivity index (χ1) is 8.22. The molecule has 5 heteroatoms. The second-order valence-electron chi connectivity index (χ2n) is 3.26. The zero-order valence-corrected chi connectivity index (χ0v) is 10.3. The SMILES string of the molecule is CC(=O)O[C@@H](COc1ccccc1)CSC#N. The van der Waals surface area contributed by atoms with E-state index in [0.717, 1.165) is 11.8 Å². The van der Waals surface area contributed by atoms with Gasteiger partial charge in [-0.3, -0.25) is 4.79 Å². The number of thioether (sulfide) groups is 1. The van der Waals surface area contributed by atoms with Crippen LogP contribution in [0.3, 0.4) is 0 Å². The van der Waals surface area contributed by atoms with Crippen molar-refractivity contribution >= 4 is 17.7 Å². The lowest BCUT2D eigenvalue weighted by Gasteiger charge is -2.16. The maximum Gasteiger partial charge on any atom is 0.303 e. The van der Waals surface area contributed by atoms with Crippen molar-refractivity contribution in [2.24, 2.45) is 0 Å². The molecule has 0 aliphatic carbocycles. The van der Waals surface area contributed by atoms with E-state index in [0.29, 0.717) is 11.5 Å². The first kappa shape index (κ1) is 13.4. The van der Waals surface area contributed by atoms with Crippen LogP contribution in [-0.4, -0.2) is 24.4 Å². The van der Waals surface area contributed by atoms with Gasteiger partial charge in [0.1, 0.15) is 23.9 Å². The molecule has 0 saturated heterocycles. The van der Waals surface area contributed by atoms with Crippen LogP contribution in [0, 0.1) is 10.7 Å². The second-order valence-corrected chi connectivity index (χ2v) is 4.06. The highest BCUT2D eigenvalue weighted by molar-refractivity contribution is 8.03. The van der Waals surface area contributed by atoms with Crippen LogP contribution in [0.1, 0.15) is 6.92 Å². The monoisotopic (exact) mass is 251 g/mol. The van der Waals surface area contributed by atoms with E-state index < -0.39 is 6.10 Å². The zero-order valence-electron chi connectivity index (χ0n) is 9.46. The van der Waals surface area contributed by atoms with E-state index in [2.05, 4.69) is 0 Å². The number of hydrogen-bond acceptors (Lipinski definition) is 5. The minimum atomic E-state index is -0.405. The lowest BCUT2D eigenvalue weighted by molar-refractivity contribution is -0.146. The summed E-state index contributed by atoms with van der Waals surface area (Å²) in [6.07, 6.45) is -0.405. The molecule has 0 aromatic heterocycles. The largest absolute Gasteiger partial charge is 0.490 e. The minimum absolute atomic E-state index is 0.248. The third-order valence-electron chi connectivity index (χ3n) is 1.85. The van der Waals surface area contributed by atoms with E-state index in [1.165, 1.54) is 6.92 Å². The normalized spacial score (nSPS) is 11.3. The van der Waals surface area contributed by atoms with Gasteiger partial charge in [0, 0.05) is 12.7 Å². The topological polar surface area (TPSA) is 59.3 Å². The molecule has 0 N–H and O–H groups in total. The van der Waals surface area contributed by atoms with Gasteiger partial charge in [0.25, 0.3) is 0 Å². The van der Waals surface area contributed by atoms with Gasteiger partial charge in [-0.2, -0.15) is 5.26 Å². The fourth-order valence-electron chi connectivity index (χ4n) is 1.19. The van der Waals surface area contributed by atoms with Gasteiger partial charge in [0.05, 0.1) is 0 Å². The average Bonchev–Trinajstić information content (AvgIpc) is 2.33. The van der Waals surface area contributed by atoms with E-state index in [9.17, 15) is 4.79 Å².